The molecule has 0 bridgehead atoms. The molecule has 2 heterocycles. The van der Waals surface area contributed by atoms with E-state index in [1.165, 1.54) is 17.3 Å². The highest BCUT2D eigenvalue weighted by Gasteiger charge is 2.38. The van der Waals surface area contributed by atoms with Crippen LogP contribution in [0.4, 0.5) is 5.95 Å². The fourth-order valence-corrected chi connectivity index (χ4v) is 6.45. The van der Waals surface area contributed by atoms with E-state index in [0.717, 1.165) is 50.3 Å². The van der Waals surface area contributed by atoms with Gasteiger partial charge >= 0.3 is 0 Å². The lowest BCUT2D eigenvalue weighted by molar-refractivity contribution is -0.116. The summed E-state index contributed by atoms with van der Waals surface area (Å²) in [6.45, 7) is 2.49. The van der Waals surface area contributed by atoms with Gasteiger partial charge in [-0.3, -0.25) is 4.79 Å². The van der Waals surface area contributed by atoms with Crippen LogP contribution in [0.25, 0.3) is 0 Å². The van der Waals surface area contributed by atoms with E-state index >= 15 is 0 Å². The standard InChI is InChI=1S/C30H26BrClN4O2S/c1-18-9-11-19(12-10-18)16-38-26-14-13-21(31)15-22(26)28-27-24(7-4-8-25(27)37)33-29-34-30(35-36(28)29)39-17-20-5-2-3-6-23(20)32/h2-3,5-6,9-15,28H,4,7-8,16-17H2,1H3,(H,33,34,35). The minimum absolute atomic E-state index is 0.129. The Morgan fingerprint density at radius 2 is 1.95 bits per heavy atom. The van der Waals surface area contributed by atoms with Gasteiger partial charge in [0.25, 0.3) is 0 Å². The Hall–Kier alpha value is -3.07. The lowest BCUT2D eigenvalue weighted by atomic mass is 9.85. The summed E-state index contributed by atoms with van der Waals surface area (Å²) in [7, 11) is 0. The van der Waals surface area contributed by atoms with Crippen molar-refractivity contribution in [2.75, 3.05) is 5.32 Å². The molecular formula is C30H26BrClN4O2S. The number of halogens is 2. The predicted molar refractivity (Wildman–Crippen MR) is 158 cm³/mol. The second-order valence-electron chi connectivity index (χ2n) is 9.70. The fraction of sp³-hybridized carbons (Fsp3) is 0.233. The van der Waals surface area contributed by atoms with Gasteiger partial charge in [-0.05, 0) is 55.2 Å². The predicted octanol–water partition coefficient (Wildman–Crippen LogP) is 7.90. The van der Waals surface area contributed by atoms with E-state index in [4.69, 9.17) is 26.4 Å². The first-order chi connectivity index (χ1) is 19.0. The number of carbonyl (C=O) groups excluding carboxylic acids is 1. The maximum absolute atomic E-state index is 13.4. The summed E-state index contributed by atoms with van der Waals surface area (Å²) in [6.07, 6.45) is 2.12. The van der Waals surface area contributed by atoms with E-state index in [1.54, 1.807) is 0 Å². The molecule has 6 nitrogen and oxygen atoms in total. The van der Waals surface area contributed by atoms with Gasteiger partial charge in [-0.1, -0.05) is 87.3 Å². The minimum atomic E-state index is -0.447. The number of ketones is 1. The van der Waals surface area contributed by atoms with Gasteiger partial charge in [0, 0.05) is 38.5 Å². The topological polar surface area (TPSA) is 69.0 Å². The van der Waals surface area contributed by atoms with Crippen molar-refractivity contribution < 1.29 is 9.53 Å². The maximum atomic E-state index is 13.4. The molecule has 9 heteroatoms. The molecule has 0 spiro atoms. The molecule has 0 amide bonds. The molecule has 1 N–H and O–H groups in total. The van der Waals surface area contributed by atoms with Crippen LogP contribution in [0.3, 0.4) is 0 Å². The maximum Gasteiger partial charge on any atom is 0.227 e. The number of allylic oxidation sites excluding steroid dienone is 2. The monoisotopic (exact) mass is 620 g/mol. The molecule has 3 aromatic carbocycles. The number of nitrogens with zero attached hydrogens (tertiary/aromatic N) is 3. The van der Waals surface area contributed by atoms with Crippen molar-refractivity contribution in [3.63, 3.8) is 0 Å². The van der Waals surface area contributed by atoms with Crippen molar-refractivity contribution in [2.45, 2.75) is 49.7 Å². The summed E-state index contributed by atoms with van der Waals surface area (Å²) in [5.74, 6) is 2.11. The third-order valence-electron chi connectivity index (χ3n) is 6.94. The number of benzene rings is 3. The van der Waals surface area contributed by atoms with Crippen molar-refractivity contribution in [3.8, 4) is 5.75 Å². The van der Waals surface area contributed by atoms with Crippen molar-refractivity contribution in [2.24, 2.45) is 0 Å². The van der Waals surface area contributed by atoms with E-state index in [1.807, 2.05) is 47.1 Å². The number of hydrogen-bond acceptors (Lipinski definition) is 6. The summed E-state index contributed by atoms with van der Waals surface area (Å²) in [5.41, 5.74) is 5.83. The molecule has 1 aromatic heterocycles. The molecule has 1 unspecified atom stereocenters. The summed E-state index contributed by atoms with van der Waals surface area (Å²) >= 11 is 11.5. The number of rotatable bonds is 7. The Kier molecular flexibility index (Phi) is 7.51. The minimum Gasteiger partial charge on any atom is -0.489 e. The van der Waals surface area contributed by atoms with Crippen LogP contribution >= 0.6 is 39.3 Å². The largest absolute Gasteiger partial charge is 0.489 e. The molecule has 198 valence electrons. The molecule has 1 aliphatic carbocycles. The molecule has 0 radical (unpaired) electrons. The molecule has 4 aromatic rings. The molecule has 0 saturated heterocycles. The first-order valence-corrected chi connectivity index (χ1v) is 15.0. The van der Waals surface area contributed by atoms with Crippen molar-refractivity contribution in [1.29, 1.82) is 0 Å². The number of hydrogen-bond donors (Lipinski definition) is 1. The van der Waals surface area contributed by atoms with E-state index in [-0.39, 0.29) is 5.78 Å². The van der Waals surface area contributed by atoms with Crippen molar-refractivity contribution >= 4 is 51.0 Å². The van der Waals surface area contributed by atoms with Gasteiger partial charge in [-0.25, -0.2) is 4.68 Å². The van der Waals surface area contributed by atoms with Crippen LogP contribution in [0.1, 0.15) is 47.6 Å². The Morgan fingerprint density at radius 1 is 1.13 bits per heavy atom. The van der Waals surface area contributed by atoms with E-state index in [9.17, 15) is 4.79 Å². The lowest BCUT2D eigenvalue weighted by Crippen LogP contribution is -2.31. The van der Waals surface area contributed by atoms with E-state index in [0.29, 0.717) is 35.6 Å². The van der Waals surface area contributed by atoms with E-state index < -0.39 is 6.04 Å². The number of nitrogens with one attached hydrogen (secondary N) is 1. The number of Topliss-reactive ketones (excluding diaryl/α,β-unsaturated/α-hetero) is 1. The van der Waals surface area contributed by atoms with Crippen LogP contribution in [0.5, 0.6) is 5.75 Å². The fourth-order valence-electron chi connectivity index (χ4n) is 4.95. The second-order valence-corrected chi connectivity index (χ2v) is 12.0. The van der Waals surface area contributed by atoms with Crippen molar-refractivity contribution in [3.05, 3.63) is 110 Å². The summed E-state index contributed by atoms with van der Waals surface area (Å²) < 4.78 is 9.10. The number of aryl methyl sites for hydroxylation is 1. The quantitative estimate of drug-likeness (QED) is 0.212. The lowest BCUT2D eigenvalue weighted by Gasteiger charge is -2.33. The molecular weight excluding hydrogens is 596 g/mol. The van der Waals surface area contributed by atoms with Gasteiger partial charge in [0.2, 0.25) is 11.1 Å². The van der Waals surface area contributed by atoms with Gasteiger partial charge < -0.3 is 10.1 Å². The molecule has 6 rings (SSSR count). The first-order valence-electron chi connectivity index (χ1n) is 12.8. The van der Waals surface area contributed by atoms with Gasteiger partial charge in [0.15, 0.2) is 5.78 Å². The normalized spacial score (nSPS) is 16.5. The Morgan fingerprint density at radius 3 is 2.77 bits per heavy atom. The number of anilines is 1. The highest BCUT2D eigenvalue weighted by molar-refractivity contribution is 9.10. The zero-order valence-electron chi connectivity index (χ0n) is 21.3. The van der Waals surface area contributed by atoms with Crippen LogP contribution in [0.2, 0.25) is 5.02 Å². The molecule has 0 fully saturated rings. The van der Waals surface area contributed by atoms with Crippen LogP contribution in [0, 0.1) is 6.92 Å². The smallest absolute Gasteiger partial charge is 0.227 e. The number of carbonyl (C=O) groups is 1. The van der Waals surface area contributed by atoms with Gasteiger partial charge in [-0.2, -0.15) is 4.98 Å². The molecule has 1 atom stereocenters. The summed E-state index contributed by atoms with van der Waals surface area (Å²) in [6, 6.07) is 21.6. The summed E-state index contributed by atoms with van der Waals surface area (Å²) in [5, 5.41) is 9.63. The Labute approximate surface area is 244 Å². The highest BCUT2D eigenvalue weighted by Crippen LogP contribution is 2.44. The third-order valence-corrected chi connectivity index (χ3v) is 8.69. The highest BCUT2D eigenvalue weighted by atomic mass is 79.9. The SMILES string of the molecule is Cc1ccc(COc2ccc(Br)cc2C2C3=C(CCCC3=O)Nc3nc(SCc4ccccc4Cl)nn32)cc1. The van der Waals surface area contributed by atoms with E-state index in [2.05, 4.69) is 52.4 Å². The second kappa shape index (κ2) is 11.2. The van der Waals surface area contributed by atoms with Gasteiger partial charge in [0.05, 0.1) is 0 Å². The van der Waals surface area contributed by atoms with Crippen LogP contribution < -0.4 is 10.1 Å². The number of aromatic nitrogens is 3. The van der Waals surface area contributed by atoms with Gasteiger partial charge in [-0.15, -0.1) is 5.10 Å². The van der Waals surface area contributed by atoms with Crippen molar-refractivity contribution in [1.82, 2.24) is 14.8 Å². The molecule has 2 aliphatic rings. The molecule has 39 heavy (non-hydrogen) atoms. The first kappa shape index (κ1) is 26.2. The average Bonchev–Trinajstić information content (AvgIpc) is 3.34. The van der Waals surface area contributed by atoms with Gasteiger partial charge in [0.1, 0.15) is 18.4 Å². The number of thioether (sulfide) groups is 1. The average molecular weight is 622 g/mol. The summed E-state index contributed by atoms with van der Waals surface area (Å²) in [4.78, 5) is 18.2. The van der Waals surface area contributed by atoms with Crippen LogP contribution in [-0.2, 0) is 17.2 Å². The van der Waals surface area contributed by atoms with Crippen LogP contribution in [-0.4, -0.2) is 20.5 Å². The zero-order chi connectivity index (χ0) is 26.9. The third kappa shape index (κ3) is 5.51. The number of ether oxygens (including phenoxy) is 1. The van der Waals surface area contributed by atoms with Crippen LogP contribution in [0.15, 0.2) is 87.6 Å². The zero-order valence-corrected chi connectivity index (χ0v) is 24.4. The Balaban J connectivity index is 1.37. The molecule has 1 aliphatic heterocycles. The Bertz CT molecular complexity index is 1580. The molecule has 0 saturated carbocycles. The number of fused-ring (bicyclic) bond motifs is 1.